The topological polar surface area (TPSA) is 65.1 Å². The summed E-state index contributed by atoms with van der Waals surface area (Å²) >= 11 is 0. The molecule has 1 aliphatic heterocycles. The smallest absolute Gasteiger partial charge is 0.338 e. The zero-order valence-corrected chi connectivity index (χ0v) is 16.9. The first-order chi connectivity index (χ1) is 14.1. The lowest BCUT2D eigenvalue weighted by atomic mass is 10.2. The molecule has 3 rings (SSSR count). The Morgan fingerprint density at radius 3 is 2.48 bits per heavy atom. The first-order valence-corrected chi connectivity index (χ1v) is 10.0. The number of esters is 1. The molecule has 0 N–H and O–H groups in total. The van der Waals surface area contributed by atoms with Crippen LogP contribution in [0.1, 0.15) is 37.0 Å². The van der Waals surface area contributed by atoms with Crippen LogP contribution >= 0.6 is 0 Å². The minimum atomic E-state index is -0.891. The third-order valence-corrected chi connectivity index (χ3v) is 4.83. The zero-order valence-electron chi connectivity index (χ0n) is 16.9. The molecule has 2 atom stereocenters. The third kappa shape index (κ3) is 5.57. The second-order valence-corrected chi connectivity index (χ2v) is 6.94. The molecule has 6 nitrogen and oxygen atoms in total. The molecule has 0 bridgehead atoms. The second-order valence-electron chi connectivity index (χ2n) is 6.94. The standard InChI is InChI=1S/C23H27NO5/c1-3-24(19-8-5-4-6-9-19)22(25)17(2)29-23(26)18-11-13-20(14-12-18)28-16-21-10-7-15-27-21/h4-6,8-9,11-14,17,21H,3,7,10,15-16H2,1-2H3/t17-,21-/m0/s1. The number of ether oxygens (including phenoxy) is 3. The summed E-state index contributed by atoms with van der Waals surface area (Å²) in [6.45, 7) is 5.25. The highest BCUT2D eigenvalue weighted by Gasteiger charge is 2.24. The van der Waals surface area contributed by atoms with Crippen molar-refractivity contribution in [2.45, 2.75) is 38.9 Å². The maximum atomic E-state index is 12.7. The number of carbonyl (C=O) groups excluding carboxylic acids is 2. The first kappa shape index (κ1) is 20.9. The van der Waals surface area contributed by atoms with Crippen LogP contribution in [0.15, 0.2) is 54.6 Å². The maximum absolute atomic E-state index is 12.7. The van der Waals surface area contributed by atoms with Crippen molar-refractivity contribution in [1.82, 2.24) is 0 Å². The summed E-state index contributed by atoms with van der Waals surface area (Å²) in [6, 6.07) is 16.0. The van der Waals surface area contributed by atoms with Crippen LogP contribution in [-0.2, 0) is 14.3 Å². The van der Waals surface area contributed by atoms with Gasteiger partial charge in [0.2, 0.25) is 0 Å². The predicted molar refractivity (Wildman–Crippen MR) is 110 cm³/mol. The number of nitrogens with zero attached hydrogens (tertiary/aromatic N) is 1. The molecule has 154 valence electrons. The fraction of sp³-hybridized carbons (Fsp3) is 0.391. The molecule has 29 heavy (non-hydrogen) atoms. The summed E-state index contributed by atoms with van der Waals surface area (Å²) in [6.07, 6.45) is 1.32. The van der Waals surface area contributed by atoms with Crippen molar-refractivity contribution in [1.29, 1.82) is 0 Å². The van der Waals surface area contributed by atoms with E-state index in [0.29, 0.717) is 24.5 Å². The molecular formula is C23H27NO5. The highest BCUT2D eigenvalue weighted by Crippen LogP contribution is 2.18. The predicted octanol–water partition coefficient (Wildman–Crippen LogP) is 3.84. The van der Waals surface area contributed by atoms with Gasteiger partial charge in [0.1, 0.15) is 12.4 Å². The van der Waals surface area contributed by atoms with E-state index in [1.165, 1.54) is 0 Å². The van der Waals surface area contributed by atoms with Crippen LogP contribution in [0.25, 0.3) is 0 Å². The van der Waals surface area contributed by atoms with Crippen LogP contribution in [0.3, 0.4) is 0 Å². The molecule has 0 unspecified atom stereocenters. The summed E-state index contributed by atoms with van der Waals surface area (Å²) in [5, 5.41) is 0. The SMILES string of the molecule is CCN(C(=O)[C@H](C)OC(=O)c1ccc(OC[C@@H]2CCCO2)cc1)c1ccccc1. The Morgan fingerprint density at radius 1 is 1.14 bits per heavy atom. The minimum absolute atomic E-state index is 0.137. The summed E-state index contributed by atoms with van der Waals surface area (Å²) in [7, 11) is 0. The van der Waals surface area contributed by atoms with Crippen molar-refractivity contribution in [3.63, 3.8) is 0 Å². The van der Waals surface area contributed by atoms with E-state index >= 15 is 0 Å². The Hall–Kier alpha value is -2.86. The number of rotatable bonds is 8. The van der Waals surface area contributed by atoms with Crippen LogP contribution in [0.4, 0.5) is 5.69 Å². The van der Waals surface area contributed by atoms with Gasteiger partial charge >= 0.3 is 5.97 Å². The van der Waals surface area contributed by atoms with Gasteiger partial charge in [-0.25, -0.2) is 4.79 Å². The molecule has 0 saturated carbocycles. The Bertz CT molecular complexity index is 800. The van der Waals surface area contributed by atoms with Gasteiger partial charge in [0.15, 0.2) is 6.10 Å². The molecular weight excluding hydrogens is 370 g/mol. The van der Waals surface area contributed by atoms with Crippen molar-refractivity contribution < 1.29 is 23.8 Å². The molecule has 0 radical (unpaired) electrons. The fourth-order valence-electron chi connectivity index (χ4n) is 3.22. The quantitative estimate of drug-likeness (QED) is 0.633. The van der Waals surface area contributed by atoms with Gasteiger partial charge in [0.05, 0.1) is 11.7 Å². The van der Waals surface area contributed by atoms with E-state index < -0.39 is 12.1 Å². The number of para-hydroxylation sites is 1. The van der Waals surface area contributed by atoms with Gasteiger partial charge in [0.25, 0.3) is 5.91 Å². The van der Waals surface area contributed by atoms with E-state index in [-0.39, 0.29) is 12.0 Å². The molecule has 1 fully saturated rings. The zero-order chi connectivity index (χ0) is 20.6. The summed E-state index contributed by atoms with van der Waals surface area (Å²) in [5.41, 5.74) is 1.15. The van der Waals surface area contributed by atoms with Crippen LogP contribution in [0, 0.1) is 0 Å². The van der Waals surface area contributed by atoms with Crippen molar-refractivity contribution in [2.24, 2.45) is 0 Å². The van der Waals surface area contributed by atoms with E-state index in [1.54, 1.807) is 36.1 Å². The highest BCUT2D eigenvalue weighted by atomic mass is 16.5. The summed E-state index contributed by atoms with van der Waals surface area (Å²) < 4.78 is 16.6. The van der Waals surface area contributed by atoms with Crippen LogP contribution in [0.5, 0.6) is 5.75 Å². The Balaban J connectivity index is 1.55. The molecule has 0 aliphatic carbocycles. The van der Waals surface area contributed by atoms with Gasteiger partial charge in [-0.3, -0.25) is 4.79 Å². The Kier molecular flexibility index (Phi) is 7.25. The minimum Gasteiger partial charge on any atom is -0.491 e. The van der Waals surface area contributed by atoms with E-state index in [2.05, 4.69) is 0 Å². The number of anilines is 1. The van der Waals surface area contributed by atoms with Gasteiger partial charge in [0, 0.05) is 18.8 Å². The van der Waals surface area contributed by atoms with Crippen molar-refractivity contribution in [3.8, 4) is 5.75 Å². The van der Waals surface area contributed by atoms with Gasteiger partial charge < -0.3 is 19.1 Å². The lowest BCUT2D eigenvalue weighted by Gasteiger charge is -2.24. The van der Waals surface area contributed by atoms with Gasteiger partial charge in [-0.1, -0.05) is 18.2 Å². The molecule has 2 aromatic rings. The lowest BCUT2D eigenvalue weighted by molar-refractivity contribution is -0.126. The summed E-state index contributed by atoms with van der Waals surface area (Å²) in [4.78, 5) is 26.8. The molecule has 0 spiro atoms. The summed E-state index contributed by atoms with van der Waals surface area (Å²) in [5.74, 6) is -0.133. The number of amides is 1. The van der Waals surface area contributed by atoms with Crippen LogP contribution in [-0.4, -0.2) is 43.8 Å². The largest absolute Gasteiger partial charge is 0.491 e. The van der Waals surface area contributed by atoms with Crippen LogP contribution in [0.2, 0.25) is 0 Å². The van der Waals surface area contributed by atoms with Gasteiger partial charge in [-0.05, 0) is 63.1 Å². The van der Waals surface area contributed by atoms with E-state index in [0.717, 1.165) is 25.1 Å². The number of likely N-dealkylation sites (N-methyl/N-ethyl adjacent to an activating group) is 1. The lowest BCUT2D eigenvalue weighted by Crippen LogP contribution is -2.40. The first-order valence-electron chi connectivity index (χ1n) is 10.0. The van der Waals surface area contributed by atoms with Crippen molar-refractivity contribution in [2.75, 3.05) is 24.7 Å². The van der Waals surface area contributed by atoms with Gasteiger partial charge in [-0.15, -0.1) is 0 Å². The van der Waals surface area contributed by atoms with E-state index in [9.17, 15) is 9.59 Å². The molecule has 1 aliphatic rings. The second kappa shape index (κ2) is 10.1. The normalized spacial score (nSPS) is 16.8. The van der Waals surface area contributed by atoms with Crippen LogP contribution < -0.4 is 9.64 Å². The average Bonchev–Trinajstić information content (AvgIpc) is 3.27. The fourth-order valence-corrected chi connectivity index (χ4v) is 3.22. The monoisotopic (exact) mass is 397 g/mol. The molecule has 0 aromatic heterocycles. The van der Waals surface area contributed by atoms with Crippen molar-refractivity contribution >= 4 is 17.6 Å². The van der Waals surface area contributed by atoms with E-state index in [4.69, 9.17) is 14.2 Å². The molecule has 1 amide bonds. The number of benzene rings is 2. The van der Waals surface area contributed by atoms with E-state index in [1.807, 2.05) is 37.3 Å². The Labute approximate surface area is 171 Å². The number of carbonyl (C=O) groups is 2. The molecule has 1 saturated heterocycles. The number of hydrogen-bond acceptors (Lipinski definition) is 5. The van der Waals surface area contributed by atoms with Gasteiger partial charge in [-0.2, -0.15) is 0 Å². The molecule has 6 heteroatoms. The molecule has 1 heterocycles. The number of hydrogen-bond donors (Lipinski definition) is 0. The highest BCUT2D eigenvalue weighted by molar-refractivity contribution is 5.99. The molecule has 2 aromatic carbocycles. The average molecular weight is 397 g/mol. The Morgan fingerprint density at radius 2 is 1.86 bits per heavy atom. The van der Waals surface area contributed by atoms with Crippen molar-refractivity contribution in [3.05, 3.63) is 60.2 Å². The maximum Gasteiger partial charge on any atom is 0.338 e. The third-order valence-electron chi connectivity index (χ3n) is 4.83.